The van der Waals surface area contributed by atoms with E-state index in [0.717, 1.165) is 5.92 Å². The molecule has 1 aliphatic carbocycles. The highest BCUT2D eigenvalue weighted by molar-refractivity contribution is 5.50. The molecule has 0 aromatic heterocycles. The maximum absolute atomic E-state index is 3.76. The first-order chi connectivity index (χ1) is 9.76. The van der Waals surface area contributed by atoms with Gasteiger partial charge in [0.05, 0.1) is 0 Å². The van der Waals surface area contributed by atoms with Gasteiger partial charge in [0.2, 0.25) is 0 Å². The van der Waals surface area contributed by atoms with Crippen molar-refractivity contribution >= 4 is 5.69 Å². The number of aryl methyl sites for hydroxylation is 2. The van der Waals surface area contributed by atoms with Gasteiger partial charge in [-0.15, -0.1) is 0 Å². The number of piperidine rings is 1. The molecule has 2 heteroatoms. The van der Waals surface area contributed by atoms with E-state index < -0.39 is 0 Å². The van der Waals surface area contributed by atoms with Crippen molar-refractivity contribution in [1.29, 1.82) is 0 Å². The van der Waals surface area contributed by atoms with E-state index in [0.29, 0.717) is 6.04 Å². The first-order valence-electron chi connectivity index (χ1n) is 8.37. The Morgan fingerprint density at radius 2 is 2.10 bits per heavy atom. The molecule has 20 heavy (non-hydrogen) atoms. The molecule has 0 saturated carbocycles. The molecule has 2 atom stereocenters. The van der Waals surface area contributed by atoms with Gasteiger partial charge in [-0.2, -0.15) is 0 Å². The molecule has 0 spiro atoms. The summed E-state index contributed by atoms with van der Waals surface area (Å²) in [6, 6.07) is 7.57. The van der Waals surface area contributed by atoms with Crippen molar-refractivity contribution in [3.05, 3.63) is 29.3 Å². The molecule has 110 valence electrons. The van der Waals surface area contributed by atoms with Gasteiger partial charge in [0.25, 0.3) is 0 Å². The highest BCUT2D eigenvalue weighted by atomic mass is 15.1. The van der Waals surface area contributed by atoms with Gasteiger partial charge >= 0.3 is 0 Å². The molecule has 2 nitrogen and oxygen atoms in total. The maximum atomic E-state index is 3.76. The van der Waals surface area contributed by atoms with Crippen molar-refractivity contribution in [2.75, 3.05) is 25.0 Å². The Morgan fingerprint density at radius 1 is 1.25 bits per heavy atom. The molecule has 1 saturated heterocycles. The first-order valence-corrected chi connectivity index (χ1v) is 8.37. The Bertz CT molecular complexity index is 455. The van der Waals surface area contributed by atoms with E-state index in [-0.39, 0.29) is 0 Å². The van der Waals surface area contributed by atoms with Crippen molar-refractivity contribution in [2.24, 2.45) is 5.92 Å². The van der Waals surface area contributed by atoms with Crippen LogP contribution in [-0.4, -0.2) is 30.6 Å². The average Bonchev–Trinajstić information content (AvgIpc) is 2.95. The van der Waals surface area contributed by atoms with E-state index in [1.165, 1.54) is 57.4 Å². The zero-order chi connectivity index (χ0) is 13.9. The zero-order valence-electron chi connectivity index (χ0n) is 13.0. The first kappa shape index (κ1) is 13.9. The minimum atomic E-state index is 0.573. The third kappa shape index (κ3) is 3.01. The van der Waals surface area contributed by atoms with Crippen LogP contribution in [-0.2, 0) is 12.8 Å². The number of likely N-dealkylation sites (tertiary alicyclic amines) is 1. The van der Waals surface area contributed by atoms with E-state index in [1.54, 1.807) is 11.1 Å². The van der Waals surface area contributed by atoms with Gasteiger partial charge in [0.15, 0.2) is 0 Å². The largest absolute Gasteiger partial charge is 0.382 e. The number of hydrogen-bond donors (Lipinski definition) is 1. The Labute approximate surface area is 123 Å². The summed E-state index contributed by atoms with van der Waals surface area (Å²) in [5.74, 6) is 0.789. The Morgan fingerprint density at radius 3 is 2.95 bits per heavy atom. The fourth-order valence-corrected chi connectivity index (χ4v) is 3.83. The van der Waals surface area contributed by atoms with Crippen LogP contribution in [0.15, 0.2) is 18.2 Å². The van der Waals surface area contributed by atoms with E-state index in [9.17, 15) is 0 Å². The van der Waals surface area contributed by atoms with E-state index >= 15 is 0 Å². The molecule has 1 fully saturated rings. The van der Waals surface area contributed by atoms with Gasteiger partial charge in [-0.25, -0.2) is 0 Å². The zero-order valence-corrected chi connectivity index (χ0v) is 13.0. The van der Waals surface area contributed by atoms with Crippen LogP contribution >= 0.6 is 0 Å². The SMILES string of the molecule is CCN1CCCC(C(C)Nc2ccc3c(c2)CCC3)C1. The van der Waals surface area contributed by atoms with Gasteiger partial charge in [0.1, 0.15) is 0 Å². The molecular formula is C18H28N2. The van der Waals surface area contributed by atoms with Crippen molar-refractivity contribution in [3.63, 3.8) is 0 Å². The molecule has 2 aliphatic rings. The van der Waals surface area contributed by atoms with Crippen LogP contribution in [0.1, 0.15) is 44.2 Å². The summed E-state index contributed by atoms with van der Waals surface area (Å²) in [5, 5.41) is 3.76. The van der Waals surface area contributed by atoms with E-state index in [1.807, 2.05) is 0 Å². The summed E-state index contributed by atoms with van der Waals surface area (Å²) >= 11 is 0. The summed E-state index contributed by atoms with van der Waals surface area (Å²) in [7, 11) is 0. The summed E-state index contributed by atoms with van der Waals surface area (Å²) in [4.78, 5) is 2.59. The molecule has 1 heterocycles. The highest BCUT2D eigenvalue weighted by Gasteiger charge is 2.24. The Hall–Kier alpha value is -1.02. The van der Waals surface area contributed by atoms with Gasteiger partial charge < -0.3 is 10.2 Å². The van der Waals surface area contributed by atoms with Gasteiger partial charge in [-0.05, 0) is 81.3 Å². The summed E-state index contributed by atoms with van der Waals surface area (Å²) < 4.78 is 0. The van der Waals surface area contributed by atoms with Crippen LogP contribution < -0.4 is 5.32 Å². The van der Waals surface area contributed by atoms with Crippen molar-refractivity contribution in [2.45, 2.75) is 52.0 Å². The second-order valence-electron chi connectivity index (χ2n) is 6.57. The number of rotatable bonds is 4. The van der Waals surface area contributed by atoms with Crippen LogP contribution in [0.5, 0.6) is 0 Å². The van der Waals surface area contributed by atoms with Gasteiger partial charge in [-0.3, -0.25) is 0 Å². The number of hydrogen-bond acceptors (Lipinski definition) is 2. The minimum Gasteiger partial charge on any atom is -0.382 e. The molecule has 1 aromatic rings. The Balaban J connectivity index is 1.62. The number of nitrogens with one attached hydrogen (secondary N) is 1. The third-order valence-corrected chi connectivity index (χ3v) is 5.19. The molecule has 0 bridgehead atoms. The van der Waals surface area contributed by atoms with Gasteiger partial charge in [-0.1, -0.05) is 13.0 Å². The standard InChI is InChI=1S/C18H28N2/c1-3-20-11-5-8-17(13-20)14(2)19-18-10-9-15-6-4-7-16(15)12-18/h9-10,12,14,17,19H,3-8,11,13H2,1-2H3. The lowest BCUT2D eigenvalue weighted by molar-refractivity contribution is 0.172. The lowest BCUT2D eigenvalue weighted by atomic mass is 9.91. The van der Waals surface area contributed by atoms with Crippen LogP contribution in [0.3, 0.4) is 0 Å². The molecular weight excluding hydrogens is 244 g/mol. The Kier molecular flexibility index (Phi) is 4.30. The molecule has 1 aromatic carbocycles. The minimum absolute atomic E-state index is 0.573. The van der Waals surface area contributed by atoms with Crippen molar-refractivity contribution in [3.8, 4) is 0 Å². The second-order valence-corrected chi connectivity index (χ2v) is 6.57. The number of benzene rings is 1. The quantitative estimate of drug-likeness (QED) is 0.899. The summed E-state index contributed by atoms with van der Waals surface area (Å²) in [6.07, 6.45) is 6.61. The molecule has 0 radical (unpaired) electrons. The lowest BCUT2D eigenvalue weighted by Gasteiger charge is -2.35. The van der Waals surface area contributed by atoms with Crippen molar-refractivity contribution < 1.29 is 0 Å². The number of fused-ring (bicyclic) bond motifs is 1. The fraction of sp³-hybridized carbons (Fsp3) is 0.667. The molecule has 2 unspecified atom stereocenters. The topological polar surface area (TPSA) is 15.3 Å². The van der Waals surface area contributed by atoms with Crippen molar-refractivity contribution in [1.82, 2.24) is 4.90 Å². The van der Waals surface area contributed by atoms with Crippen LogP contribution in [0.2, 0.25) is 0 Å². The third-order valence-electron chi connectivity index (χ3n) is 5.19. The molecule has 1 N–H and O–H groups in total. The summed E-state index contributed by atoms with van der Waals surface area (Å²) in [6.45, 7) is 8.38. The van der Waals surface area contributed by atoms with E-state index in [4.69, 9.17) is 0 Å². The second kappa shape index (κ2) is 6.17. The average molecular weight is 272 g/mol. The molecule has 0 amide bonds. The maximum Gasteiger partial charge on any atom is 0.0345 e. The number of nitrogens with zero attached hydrogens (tertiary/aromatic N) is 1. The van der Waals surface area contributed by atoms with Gasteiger partial charge in [0, 0.05) is 18.3 Å². The smallest absolute Gasteiger partial charge is 0.0345 e. The fourth-order valence-electron chi connectivity index (χ4n) is 3.83. The van der Waals surface area contributed by atoms with Crippen LogP contribution in [0, 0.1) is 5.92 Å². The molecule has 3 rings (SSSR count). The lowest BCUT2D eigenvalue weighted by Crippen LogP contribution is -2.41. The van der Waals surface area contributed by atoms with Crippen LogP contribution in [0.4, 0.5) is 5.69 Å². The predicted octanol–water partition coefficient (Wildman–Crippen LogP) is 3.71. The monoisotopic (exact) mass is 272 g/mol. The normalized spacial score (nSPS) is 24.4. The highest BCUT2D eigenvalue weighted by Crippen LogP contribution is 2.27. The van der Waals surface area contributed by atoms with Crippen LogP contribution in [0.25, 0.3) is 0 Å². The molecule has 1 aliphatic heterocycles. The summed E-state index contributed by atoms with van der Waals surface area (Å²) in [5.41, 5.74) is 4.46. The predicted molar refractivity (Wildman–Crippen MR) is 86.4 cm³/mol. The number of anilines is 1. The van der Waals surface area contributed by atoms with E-state index in [2.05, 4.69) is 42.3 Å².